The van der Waals surface area contributed by atoms with Crippen LogP contribution in [-0.4, -0.2) is 0 Å². The zero-order chi connectivity index (χ0) is 36.3. The van der Waals surface area contributed by atoms with Gasteiger partial charge in [-0.05, 0) is 102 Å². The average Bonchev–Trinajstić information content (AvgIpc) is 3.92. The first-order valence-electron chi connectivity index (χ1n) is 18.4. The van der Waals surface area contributed by atoms with Gasteiger partial charge in [0.1, 0.15) is 11.2 Å². The maximum Gasteiger partial charge on any atom is 0.299 e. The molecule has 0 N–H and O–H groups in total. The van der Waals surface area contributed by atoms with Crippen LogP contribution in [-0.2, 0) is 0 Å². The predicted octanol–water partition coefficient (Wildman–Crippen LogP) is 15.3. The number of hydrogen-bond acceptors (Lipinski definition) is 5. The third-order valence-corrected chi connectivity index (χ3v) is 11.6. The topological polar surface area (TPSA) is 32.8 Å². The summed E-state index contributed by atoms with van der Waals surface area (Å²) in [6, 6.07) is 68.6. The van der Waals surface area contributed by atoms with Crippen molar-refractivity contribution in [3.63, 3.8) is 0 Å². The molecule has 260 valence electrons. The Hall–Kier alpha value is -7.08. The Morgan fingerprint density at radius 2 is 0.836 bits per heavy atom. The number of para-hydroxylation sites is 2. The molecule has 0 saturated heterocycles. The van der Waals surface area contributed by atoms with E-state index in [1.165, 1.54) is 31.3 Å². The Labute approximate surface area is 321 Å². The molecule has 8 aromatic carbocycles. The van der Waals surface area contributed by atoms with Crippen LogP contribution in [0.2, 0.25) is 0 Å². The number of benzene rings is 8. The normalized spacial score (nSPS) is 11.6. The Kier molecular flexibility index (Phi) is 7.32. The van der Waals surface area contributed by atoms with Gasteiger partial charge in [-0.25, -0.2) is 0 Å². The van der Waals surface area contributed by atoms with Crippen LogP contribution in [0.15, 0.2) is 203 Å². The predicted molar refractivity (Wildman–Crippen MR) is 231 cm³/mol. The van der Waals surface area contributed by atoms with Crippen molar-refractivity contribution in [2.75, 3.05) is 9.80 Å². The van der Waals surface area contributed by atoms with E-state index in [9.17, 15) is 0 Å². The molecular weight excluding hydrogens is 693 g/mol. The van der Waals surface area contributed by atoms with Crippen molar-refractivity contribution < 1.29 is 8.83 Å². The Balaban J connectivity index is 1.03. The molecule has 0 fully saturated rings. The van der Waals surface area contributed by atoms with Gasteiger partial charge in [0, 0.05) is 71.1 Å². The Morgan fingerprint density at radius 1 is 0.327 bits per heavy atom. The molecule has 5 heteroatoms. The van der Waals surface area contributed by atoms with Gasteiger partial charge in [-0.3, -0.25) is 0 Å². The minimum absolute atomic E-state index is 0.523. The molecule has 55 heavy (non-hydrogen) atoms. The highest BCUT2D eigenvalue weighted by Crippen LogP contribution is 2.45. The molecule has 0 aliphatic rings. The lowest BCUT2D eigenvalue weighted by Crippen LogP contribution is -2.09. The van der Waals surface area contributed by atoms with Crippen LogP contribution in [0.25, 0.3) is 64.4 Å². The Bertz CT molecular complexity index is 3150. The van der Waals surface area contributed by atoms with E-state index in [1.54, 1.807) is 0 Å². The van der Waals surface area contributed by atoms with Gasteiger partial charge < -0.3 is 18.6 Å². The number of nitrogens with zero attached hydrogens (tertiary/aromatic N) is 2. The largest absolute Gasteiger partial charge is 0.425 e. The van der Waals surface area contributed by atoms with Crippen LogP contribution in [0, 0.1) is 0 Å². The summed E-state index contributed by atoms with van der Waals surface area (Å²) in [5.74, 6) is 0.523. The van der Waals surface area contributed by atoms with E-state index in [2.05, 4.69) is 198 Å². The number of hydrogen-bond donors (Lipinski definition) is 0. The summed E-state index contributed by atoms with van der Waals surface area (Å²) in [6.45, 7) is 0. The quantitative estimate of drug-likeness (QED) is 0.164. The van der Waals surface area contributed by atoms with E-state index in [-0.39, 0.29) is 0 Å². The van der Waals surface area contributed by atoms with Crippen LogP contribution in [0.1, 0.15) is 0 Å². The lowest BCUT2D eigenvalue weighted by molar-refractivity contribution is 0.524. The monoisotopic (exact) mass is 724 g/mol. The van der Waals surface area contributed by atoms with Crippen LogP contribution in [0.3, 0.4) is 0 Å². The van der Waals surface area contributed by atoms with Gasteiger partial charge >= 0.3 is 0 Å². The van der Waals surface area contributed by atoms with Crippen molar-refractivity contribution in [1.82, 2.24) is 0 Å². The van der Waals surface area contributed by atoms with E-state index in [0.717, 1.165) is 61.4 Å². The second kappa shape index (κ2) is 12.8. The molecule has 0 aliphatic heterocycles. The third-order valence-electron chi connectivity index (χ3n) is 10.5. The first-order chi connectivity index (χ1) is 27.2. The highest BCUT2D eigenvalue weighted by molar-refractivity contribution is 7.25. The van der Waals surface area contributed by atoms with Crippen molar-refractivity contribution in [1.29, 1.82) is 0 Å². The highest BCUT2D eigenvalue weighted by atomic mass is 32.1. The summed E-state index contributed by atoms with van der Waals surface area (Å²) in [5, 5.41) is 5.54. The SMILES string of the molecule is c1ccc(-c2ccc(N(c3ccccc3)c3ccc4oc5oc6cc(N(c7ccccc7)c7ccc8sc9ccccc9c8c7)ccc6c5c4c3)cc2)cc1. The Morgan fingerprint density at radius 3 is 1.58 bits per heavy atom. The van der Waals surface area contributed by atoms with Gasteiger partial charge in [0.05, 0.1) is 5.39 Å². The van der Waals surface area contributed by atoms with Gasteiger partial charge in [0.15, 0.2) is 0 Å². The van der Waals surface area contributed by atoms with Gasteiger partial charge in [-0.1, -0.05) is 97.1 Å². The molecule has 3 aromatic heterocycles. The first-order valence-corrected chi connectivity index (χ1v) is 19.2. The minimum atomic E-state index is 0.523. The fourth-order valence-electron chi connectivity index (χ4n) is 7.91. The molecule has 0 saturated carbocycles. The number of furan rings is 2. The van der Waals surface area contributed by atoms with Gasteiger partial charge in [0.2, 0.25) is 0 Å². The number of thiophene rings is 1. The van der Waals surface area contributed by atoms with Crippen LogP contribution < -0.4 is 9.80 Å². The standard InChI is InChI=1S/C50H32N2O2S/c1-4-12-33(13-5-1)34-20-22-37(23-21-34)51(35-14-6-2-7-15-35)38-25-28-45-44(31-38)49-42-27-24-40(32-46(42)54-50(49)53-45)52(36-16-8-3-9-17-36)39-26-29-48-43(30-39)41-18-10-11-19-47(41)55-48/h1-32H. The van der Waals surface area contributed by atoms with Crippen LogP contribution in [0.5, 0.6) is 0 Å². The zero-order valence-electron chi connectivity index (χ0n) is 29.6. The molecule has 0 spiro atoms. The summed E-state index contributed by atoms with van der Waals surface area (Å²) < 4.78 is 15.5. The summed E-state index contributed by atoms with van der Waals surface area (Å²) in [6.07, 6.45) is 0. The molecule has 3 heterocycles. The molecule has 0 radical (unpaired) electrons. The van der Waals surface area contributed by atoms with E-state index < -0.39 is 0 Å². The molecule has 4 nitrogen and oxygen atoms in total. The van der Waals surface area contributed by atoms with E-state index in [0.29, 0.717) is 5.78 Å². The summed E-state index contributed by atoms with van der Waals surface area (Å²) >= 11 is 1.83. The van der Waals surface area contributed by atoms with Crippen molar-refractivity contribution in [2.24, 2.45) is 0 Å². The zero-order valence-corrected chi connectivity index (χ0v) is 30.4. The summed E-state index contributed by atoms with van der Waals surface area (Å²) in [4.78, 5) is 4.59. The molecule has 0 atom stereocenters. The van der Waals surface area contributed by atoms with Gasteiger partial charge in [-0.2, -0.15) is 0 Å². The fourth-order valence-corrected chi connectivity index (χ4v) is 8.99. The smallest absolute Gasteiger partial charge is 0.299 e. The second-order valence-electron chi connectivity index (χ2n) is 13.8. The number of anilines is 6. The van der Waals surface area contributed by atoms with Gasteiger partial charge in [-0.15, -0.1) is 11.3 Å². The minimum Gasteiger partial charge on any atom is -0.425 e. The van der Waals surface area contributed by atoms with Crippen molar-refractivity contribution in [2.45, 2.75) is 0 Å². The maximum absolute atomic E-state index is 6.54. The van der Waals surface area contributed by atoms with E-state index >= 15 is 0 Å². The van der Waals surface area contributed by atoms with Crippen molar-refractivity contribution >= 4 is 98.7 Å². The average molecular weight is 725 g/mol. The molecular formula is C50H32N2O2S. The second-order valence-corrected chi connectivity index (χ2v) is 14.8. The lowest BCUT2D eigenvalue weighted by Gasteiger charge is -2.26. The van der Waals surface area contributed by atoms with Gasteiger partial charge in [0.25, 0.3) is 5.78 Å². The molecule has 11 rings (SSSR count). The molecule has 0 bridgehead atoms. The maximum atomic E-state index is 6.54. The highest BCUT2D eigenvalue weighted by Gasteiger charge is 2.21. The van der Waals surface area contributed by atoms with Crippen molar-refractivity contribution in [3.05, 3.63) is 194 Å². The lowest BCUT2D eigenvalue weighted by atomic mass is 10.0. The van der Waals surface area contributed by atoms with Crippen LogP contribution >= 0.6 is 11.3 Å². The molecule has 0 aliphatic carbocycles. The molecule has 0 unspecified atom stereocenters. The molecule has 0 amide bonds. The first kappa shape index (κ1) is 31.4. The number of rotatable bonds is 7. The van der Waals surface area contributed by atoms with Crippen molar-refractivity contribution in [3.8, 4) is 11.1 Å². The molecule has 11 aromatic rings. The summed E-state index contributed by atoms with van der Waals surface area (Å²) in [7, 11) is 0. The third kappa shape index (κ3) is 5.36. The fraction of sp³-hybridized carbons (Fsp3) is 0. The van der Waals surface area contributed by atoms with E-state index in [4.69, 9.17) is 8.83 Å². The van der Waals surface area contributed by atoms with Crippen LogP contribution in [0.4, 0.5) is 34.1 Å². The number of fused-ring (bicyclic) bond motifs is 8. The van der Waals surface area contributed by atoms with E-state index in [1.807, 2.05) is 17.4 Å². The summed E-state index contributed by atoms with van der Waals surface area (Å²) in [5.41, 5.74) is 10.3.